The number of hydrogen-bond acceptors (Lipinski definition) is 5. The van der Waals surface area contributed by atoms with Crippen LogP contribution in [0, 0.1) is 0 Å². The number of carbonyl (C=O) groups is 1. The highest BCUT2D eigenvalue weighted by molar-refractivity contribution is 7.92. The van der Waals surface area contributed by atoms with Gasteiger partial charge in [-0.2, -0.15) is 5.10 Å². The van der Waals surface area contributed by atoms with Crippen LogP contribution in [0.4, 0.5) is 0 Å². The van der Waals surface area contributed by atoms with Gasteiger partial charge in [0, 0.05) is 24.4 Å². The monoisotopic (exact) mass is 377 g/mol. The Labute approximate surface area is 153 Å². The van der Waals surface area contributed by atoms with E-state index in [1.165, 1.54) is 0 Å². The normalized spacial score (nSPS) is 15.8. The second-order valence-electron chi connectivity index (χ2n) is 6.31. The molecule has 1 fully saturated rings. The summed E-state index contributed by atoms with van der Waals surface area (Å²) in [6.07, 6.45) is 0.963. The SMILES string of the molecule is CCS(=O)(=O)C1CCN(C(=O)c2cc(-c3ccccc3OC)n[nH]2)CC1. The Kier molecular flexibility index (Phi) is 5.31. The number of amides is 1. The van der Waals surface area contributed by atoms with Crippen molar-refractivity contribution < 1.29 is 17.9 Å². The molecule has 1 aliphatic rings. The fourth-order valence-corrected chi connectivity index (χ4v) is 4.65. The summed E-state index contributed by atoms with van der Waals surface area (Å²) in [6.45, 7) is 2.54. The lowest BCUT2D eigenvalue weighted by atomic mass is 10.1. The molecule has 1 aliphatic heterocycles. The van der Waals surface area contributed by atoms with Crippen LogP contribution >= 0.6 is 0 Å². The summed E-state index contributed by atoms with van der Waals surface area (Å²) >= 11 is 0. The molecule has 0 bridgehead atoms. The second-order valence-corrected chi connectivity index (χ2v) is 8.88. The number of piperidine rings is 1. The van der Waals surface area contributed by atoms with Crippen LogP contribution < -0.4 is 4.74 Å². The number of rotatable bonds is 5. The van der Waals surface area contributed by atoms with Crippen molar-refractivity contribution in [2.24, 2.45) is 0 Å². The second kappa shape index (κ2) is 7.49. The zero-order valence-corrected chi connectivity index (χ0v) is 15.8. The van der Waals surface area contributed by atoms with Gasteiger partial charge in [-0.3, -0.25) is 9.89 Å². The van der Waals surface area contributed by atoms with E-state index in [1.807, 2.05) is 24.3 Å². The third-order valence-corrected chi connectivity index (χ3v) is 7.12. The molecule has 3 rings (SSSR count). The molecule has 7 nitrogen and oxygen atoms in total. The number of hydrogen-bond donors (Lipinski definition) is 1. The van der Waals surface area contributed by atoms with Gasteiger partial charge in [-0.15, -0.1) is 0 Å². The van der Waals surface area contributed by atoms with Crippen LogP contribution in [-0.4, -0.2) is 60.6 Å². The first-order valence-corrected chi connectivity index (χ1v) is 10.4. The number of likely N-dealkylation sites (tertiary alicyclic amines) is 1. The van der Waals surface area contributed by atoms with Gasteiger partial charge in [-0.1, -0.05) is 19.1 Å². The number of sulfone groups is 1. The van der Waals surface area contributed by atoms with E-state index >= 15 is 0 Å². The number of para-hydroxylation sites is 1. The van der Waals surface area contributed by atoms with Crippen molar-refractivity contribution in [2.45, 2.75) is 25.0 Å². The van der Waals surface area contributed by atoms with Gasteiger partial charge in [-0.05, 0) is 31.0 Å². The average molecular weight is 377 g/mol. The van der Waals surface area contributed by atoms with E-state index in [0.29, 0.717) is 43.1 Å². The molecule has 2 aromatic rings. The molecule has 1 saturated heterocycles. The minimum Gasteiger partial charge on any atom is -0.496 e. The zero-order chi connectivity index (χ0) is 18.7. The van der Waals surface area contributed by atoms with Crippen LogP contribution in [0.2, 0.25) is 0 Å². The highest BCUT2D eigenvalue weighted by atomic mass is 32.2. The highest BCUT2D eigenvalue weighted by Crippen LogP contribution is 2.29. The van der Waals surface area contributed by atoms with Crippen molar-refractivity contribution in [2.75, 3.05) is 26.0 Å². The van der Waals surface area contributed by atoms with E-state index in [2.05, 4.69) is 10.2 Å². The first-order valence-electron chi connectivity index (χ1n) is 8.66. The van der Waals surface area contributed by atoms with Crippen molar-refractivity contribution in [1.82, 2.24) is 15.1 Å². The van der Waals surface area contributed by atoms with E-state index in [9.17, 15) is 13.2 Å². The molecule has 0 unspecified atom stereocenters. The third-order valence-electron chi connectivity index (χ3n) is 4.83. The summed E-state index contributed by atoms with van der Waals surface area (Å²) in [4.78, 5) is 14.4. The van der Waals surface area contributed by atoms with Crippen LogP contribution in [0.3, 0.4) is 0 Å². The number of H-pyrrole nitrogens is 1. The molecule has 0 atom stereocenters. The molecule has 0 radical (unpaired) electrons. The minimum absolute atomic E-state index is 0.147. The number of aromatic amines is 1. The molecule has 1 aromatic heterocycles. The standard InChI is InChI=1S/C18H23N3O4S/c1-3-26(23,24)13-8-10-21(11-9-13)18(22)16-12-15(19-20-16)14-6-4-5-7-17(14)25-2/h4-7,12-13H,3,8-11H2,1-2H3,(H,19,20). The Morgan fingerprint density at radius 1 is 1.31 bits per heavy atom. The van der Waals surface area contributed by atoms with Crippen LogP contribution in [-0.2, 0) is 9.84 Å². The largest absolute Gasteiger partial charge is 0.496 e. The number of nitrogens with one attached hydrogen (secondary N) is 1. The van der Waals surface area contributed by atoms with Crippen LogP contribution in [0.25, 0.3) is 11.3 Å². The van der Waals surface area contributed by atoms with Crippen molar-refractivity contribution in [3.8, 4) is 17.0 Å². The maximum Gasteiger partial charge on any atom is 0.271 e. The number of ether oxygens (including phenoxy) is 1. The van der Waals surface area contributed by atoms with E-state index in [-0.39, 0.29) is 16.9 Å². The van der Waals surface area contributed by atoms with Gasteiger partial charge in [-0.25, -0.2) is 8.42 Å². The summed E-state index contributed by atoms with van der Waals surface area (Å²) in [6, 6.07) is 9.17. The van der Waals surface area contributed by atoms with Gasteiger partial charge in [0.2, 0.25) is 0 Å². The fraction of sp³-hybridized carbons (Fsp3) is 0.444. The van der Waals surface area contributed by atoms with Gasteiger partial charge in [0.25, 0.3) is 5.91 Å². The lowest BCUT2D eigenvalue weighted by Crippen LogP contribution is -2.43. The third kappa shape index (κ3) is 3.60. The zero-order valence-electron chi connectivity index (χ0n) is 14.9. The van der Waals surface area contributed by atoms with Gasteiger partial charge >= 0.3 is 0 Å². The fourth-order valence-electron chi connectivity index (χ4n) is 3.25. The van der Waals surface area contributed by atoms with Gasteiger partial charge in [0.1, 0.15) is 11.4 Å². The molecular weight excluding hydrogens is 354 g/mol. The van der Waals surface area contributed by atoms with Gasteiger partial charge in [0.15, 0.2) is 9.84 Å². The molecule has 8 heteroatoms. The highest BCUT2D eigenvalue weighted by Gasteiger charge is 2.31. The van der Waals surface area contributed by atoms with Crippen molar-refractivity contribution in [3.05, 3.63) is 36.0 Å². The molecule has 0 saturated carbocycles. The maximum absolute atomic E-state index is 12.7. The predicted molar refractivity (Wildman–Crippen MR) is 99.0 cm³/mol. The van der Waals surface area contributed by atoms with E-state index in [1.54, 1.807) is 25.0 Å². The van der Waals surface area contributed by atoms with E-state index in [4.69, 9.17) is 4.74 Å². The Morgan fingerprint density at radius 2 is 2.00 bits per heavy atom. The number of carbonyl (C=O) groups excluding carboxylic acids is 1. The smallest absolute Gasteiger partial charge is 0.271 e. The Balaban J connectivity index is 1.72. The number of methoxy groups -OCH3 is 1. The van der Waals surface area contributed by atoms with Crippen molar-refractivity contribution in [1.29, 1.82) is 0 Å². The van der Waals surface area contributed by atoms with E-state index in [0.717, 1.165) is 5.56 Å². The number of nitrogens with zero attached hydrogens (tertiary/aromatic N) is 2. The molecule has 2 heterocycles. The molecule has 0 aliphatic carbocycles. The van der Waals surface area contributed by atoms with E-state index < -0.39 is 9.84 Å². The molecule has 140 valence electrons. The topological polar surface area (TPSA) is 92.4 Å². The quantitative estimate of drug-likeness (QED) is 0.862. The summed E-state index contributed by atoms with van der Waals surface area (Å²) in [5.74, 6) is 0.670. The average Bonchev–Trinajstić information content (AvgIpc) is 3.17. The van der Waals surface area contributed by atoms with Crippen LogP contribution in [0.5, 0.6) is 5.75 Å². The van der Waals surface area contributed by atoms with Crippen LogP contribution in [0.1, 0.15) is 30.3 Å². The first-order chi connectivity index (χ1) is 12.5. The summed E-state index contributed by atoms with van der Waals surface area (Å²) < 4.78 is 29.3. The number of benzene rings is 1. The predicted octanol–water partition coefficient (Wildman–Crippen LogP) is 2.12. The molecule has 26 heavy (non-hydrogen) atoms. The van der Waals surface area contributed by atoms with Gasteiger partial charge in [0.05, 0.1) is 18.1 Å². The first kappa shape index (κ1) is 18.4. The van der Waals surface area contributed by atoms with Crippen LogP contribution in [0.15, 0.2) is 30.3 Å². The molecule has 1 aromatic carbocycles. The number of aromatic nitrogens is 2. The molecule has 1 amide bonds. The summed E-state index contributed by atoms with van der Waals surface area (Å²) in [7, 11) is -1.46. The molecular formula is C18H23N3O4S. The minimum atomic E-state index is -3.05. The molecule has 1 N–H and O–H groups in total. The Bertz CT molecular complexity index is 883. The Hall–Kier alpha value is -2.35. The van der Waals surface area contributed by atoms with Crippen molar-refractivity contribution >= 4 is 15.7 Å². The maximum atomic E-state index is 12.7. The summed E-state index contributed by atoms with van der Waals surface area (Å²) in [5, 5.41) is 6.68. The molecule has 0 spiro atoms. The lowest BCUT2D eigenvalue weighted by Gasteiger charge is -2.31. The lowest BCUT2D eigenvalue weighted by molar-refractivity contribution is 0.0719. The summed E-state index contributed by atoms with van der Waals surface area (Å²) in [5.41, 5.74) is 1.83. The van der Waals surface area contributed by atoms with Gasteiger partial charge < -0.3 is 9.64 Å². The van der Waals surface area contributed by atoms with Crippen molar-refractivity contribution in [3.63, 3.8) is 0 Å². The Morgan fingerprint density at radius 3 is 2.65 bits per heavy atom.